The van der Waals surface area contributed by atoms with Gasteiger partial charge in [0.2, 0.25) is 5.91 Å². The van der Waals surface area contributed by atoms with Crippen molar-refractivity contribution in [1.29, 1.82) is 0 Å². The van der Waals surface area contributed by atoms with Crippen molar-refractivity contribution in [3.8, 4) is 0 Å². The van der Waals surface area contributed by atoms with E-state index in [2.05, 4.69) is 39.9 Å². The molecule has 26 heavy (non-hydrogen) atoms. The molecule has 1 N–H and O–H groups in total. The highest BCUT2D eigenvalue weighted by atomic mass is 16.2. The summed E-state index contributed by atoms with van der Waals surface area (Å²) in [5.41, 5.74) is 3.29. The van der Waals surface area contributed by atoms with E-state index in [0.29, 0.717) is 24.8 Å². The summed E-state index contributed by atoms with van der Waals surface area (Å²) in [6, 6.07) is 5.86. The summed E-state index contributed by atoms with van der Waals surface area (Å²) in [5, 5.41) is 3.07. The van der Waals surface area contributed by atoms with Crippen molar-refractivity contribution < 1.29 is 9.59 Å². The second-order valence-electron chi connectivity index (χ2n) is 8.32. The Morgan fingerprint density at radius 2 is 1.77 bits per heavy atom. The van der Waals surface area contributed by atoms with Crippen molar-refractivity contribution in [3.05, 3.63) is 29.3 Å². The van der Waals surface area contributed by atoms with Gasteiger partial charge < -0.3 is 15.1 Å². The standard InChI is InChI=1S/C21H33N3O2/c1-14(2)11-23(12-15(3)4)21(26)22-18-10-20(25)24(13-18)19-8-7-16(5)17(6)9-19/h7-9,14-15,18H,10-13H2,1-6H3,(H,22,26)/t18-/m0/s1. The molecule has 0 unspecified atom stereocenters. The minimum Gasteiger partial charge on any atom is -0.333 e. The van der Waals surface area contributed by atoms with E-state index in [4.69, 9.17) is 0 Å². The first-order valence-electron chi connectivity index (χ1n) is 9.60. The fraction of sp³-hybridized carbons (Fsp3) is 0.619. The van der Waals surface area contributed by atoms with Gasteiger partial charge in [-0.15, -0.1) is 0 Å². The Morgan fingerprint density at radius 1 is 1.15 bits per heavy atom. The number of nitrogens with one attached hydrogen (secondary N) is 1. The molecule has 1 atom stereocenters. The summed E-state index contributed by atoms with van der Waals surface area (Å²) in [5.74, 6) is 0.895. The quantitative estimate of drug-likeness (QED) is 0.841. The molecule has 1 aliphatic rings. The van der Waals surface area contributed by atoms with Crippen LogP contribution in [-0.4, -0.2) is 42.5 Å². The third-order valence-corrected chi connectivity index (χ3v) is 4.71. The molecule has 0 bridgehead atoms. The maximum Gasteiger partial charge on any atom is 0.317 e. The predicted molar refractivity (Wildman–Crippen MR) is 106 cm³/mol. The lowest BCUT2D eigenvalue weighted by Gasteiger charge is -2.28. The van der Waals surface area contributed by atoms with Gasteiger partial charge in [0.05, 0.1) is 6.04 Å². The number of hydrogen-bond acceptors (Lipinski definition) is 2. The summed E-state index contributed by atoms with van der Waals surface area (Å²) in [6.07, 6.45) is 0.357. The zero-order chi connectivity index (χ0) is 19.4. The first kappa shape index (κ1) is 20.3. The van der Waals surface area contributed by atoms with E-state index in [0.717, 1.165) is 18.8 Å². The van der Waals surface area contributed by atoms with Crippen LogP contribution in [0.25, 0.3) is 0 Å². The molecule has 2 rings (SSSR count). The Labute approximate surface area is 157 Å². The minimum absolute atomic E-state index is 0.0628. The number of anilines is 1. The van der Waals surface area contributed by atoms with E-state index < -0.39 is 0 Å². The first-order chi connectivity index (χ1) is 12.2. The molecule has 0 saturated carbocycles. The van der Waals surface area contributed by atoms with Gasteiger partial charge in [-0.2, -0.15) is 0 Å². The van der Waals surface area contributed by atoms with Gasteiger partial charge in [-0.25, -0.2) is 4.79 Å². The van der Waals surface area contributed by atoms with Gasteiger partial charge in [0.15, 0.2) is 0 Å². The normalized spacial score (nSPS) is 17.3. The number of hydrogen-bond donors (Lipinski definition) is 1. The molecule has 0 spiro atoms. The monoisotopic (exact) mass is 359 g/mol. The van der Waals surface area contributed by atoms with Gasteiger partial charge >= 0.3 is 6.03 Å². The highest BCUT2D eigenvalue weighted by Gasteiger charge is 2.32. The lowest BCUT2D eigenvalue weighted by atomic mass is 10.1. The molecule has 5 heteroatoms. The number of aryl methyl sites for hydroxylation is 2. The minimum atomic E-state index is -0.140. The molecule has 3 amide bonds. The Bertz CT molecular complexity index is 645. The summed E-state index contributed by atoms with van der Waals surface area (Å²) in [4.78, 5) is 28.8. The zero-order valence-corrected chi connectivity index (χ0v) is 17.0. The van der Waals surface area contributed by atoms with Gasteiger partial charge in [-0.3, -0.25) is 4.79 Å². The van der Waals surface area contributed by atoms with Crippen LogP contribution in [-0.2, 0) is 4.79 Å². The molecule has 1 saturated heterocycles. The summed E-state index contributed by atoms with van der Waals surface area (Å²) >= 11 is 0. The van der Waals surface area contributed by atoms with Crippen LogP contribution in [0, 0.1) is 25.7 Å². The molecular weight excluding hydrogens is 326 g/mol. The molecule has 0 aliphatic carbocycles. The van der Waals surface area contributed by atoms with E-state index >= 15 is 0 Å². The number of urea groups is 1. The molecule has 1 heterocycles. The van der Waals surface area contributed by atoms with Crippen LogP contribution < -0.4 is 10.2 Å². The van der Waals surface area contributed by atoms with Crippen LogP contribution in [0.4, 0.5) is 10.5 Å². The number of nitrogens with zero attached hydrogens (tertiary/aromatic N) is 2. The summed E-state index contributed by atoms with van der Waals surface area (Å²) in [6.45, 7) is 14.5. The van der Waals surface area contributed by atoms with Gasteiger partial charge in [-0.1, -0.05) is 33.8 Å². The molecule has 0 aromatic heterocycles. The second-order valence-corrected chi connectivity index (χ2v) is 8.32. The molecule has 1 aromatic carbocycles. The van der Waals surface area contributed by atoms with Crippen molar-refractivity contribution in [3.63, 3.8) is 0 Å². The van der Waals surface area contributed by atoms with Crippen LogP contribution in [0.15, 0.2) is 18.2 Å². The largest absolute Gasteiger partial charge is 0.333 e. The van der Waals surface area contributed by atoms with Crippen molar-refractivity contribution in [1.82, 2.24) is 10.2 Å². The Balaban J connectivity index is 2.02. The molecule has 5 nitrogen and oxygen atoms in total. The van der Waals surface area contributed by atoms with E-state index in [1.165, 1.54) is 11.1 Å². The average Bonchev–Trinajstić information content (AvgIpc) is 2.89. The van der Waals surface area contributed by atoms with Crippen molar-refractivity contribution in [2.24, 2.45) is 11.8 Å². The van der Waals surface area contributed by atoms with Crippen molar-refractivity contribution in [2.75, 3.05) is 24.5 Å². The lowest BCUT2D eigenvalue weighted by Crippen LogP contribution is -2.48. The molecule has 1 aromatic rings. The third kappa shape index (κ3) is 5.23. The van der Waals surface area contributed by atoms with Crippen molar-refractivity contribution in [2.45, 2.75) is 54.0 Å². The van der Waals surface area contributed by atoms with E-state index in [-0.39, 0.29) is 18.0 Å². The maximum atomic E-state index is 12.7. The van der Waals surface area contributed by atoms with Crippen LogP contribution in [0.1, 0.15) is 45.2 Å². The van der Waals surface area contributed by atoms with Gasteiger partial charge in [0, 0.05) is 31.7 Å². The Hall–Kier alpha value is -2.04. The number of carbonyl (C=O) groups is 2. The van der Waals surface area contributed by atoms with Crippen LogP contribution in [0.2, 0.25) is 0 Å². The number of rotatable bonds is 6. The van der Waals surface area contributed by atoms with E-state index in [1.807, 2.05) is 30.0 Å². The smallest absolute Gasteiger partial charge is 0.317 e. The van der Waals surface area contributed by atoms with Gasteiger partial charge in [-0.05, 0) is 48.9 Å². The number of benzene rings is 1. The summed E-state index contributed by atoms with van der Waals surface area (Å²) < 4.78 is 0. The SMILES string of the molecule is Cc1ccc(N2C[C@@H](NC(=O)N(CC(C)C)CC(C)C)CC2=O)cc1C. The van der Waals surface area contributed by atoms with Crippen LogP contribution in [0.3, 0.4) is 0 Å². The van der Waals surface area contributed by atoms with Crippen molar-refractivity contribution >= 4 is 17.6 Å². The third-order valence-electron chi connectivity index (χ3n) is 4.71. The highest BCUT2D eigenvalue weighted by Crippen LogP contribution is 2.24. The fourth-order valence-electron chi connectivity index (χ4n) is 3.34. The zero-order valence-electron chi connectivity index (χ0n) is 17.0. The average molecular weight is 360 g/mol. The highest BCUT2D eigenvalue weighted by molar-refractivity contribution is 5.96. The molecule has 0 radical (unpaired) electrons. The number of carbonyl (C=O) groups excluding carboxylic acids is 2. The van der Waals surface area contributed by atoms with E-state index in [9.17, 15) is 9.59 Å². The lowest BCUT2D eigenvalue weighted by molar-refractivity contribution is -0.117. The maximum absolute atomic E-state index is 12.7. The van der Waals surface area contributed by atoms with Gasteiger partial charge in [0.25, 0.3) is 0 Å². The first-order valence-corrected chi connectivity index (χ1v) is 9.60. The van der Waals surface area contributed by atoms with Crippen LogP contribution >= 0.6 is 0 Å². The second kappa shape index (κ2) is 8.56. The Kier molecular flexibility index (Phi) is 6.68. The molecule has 144 valence electrons. The molecular formula is C21H33N3O2. The van der Waals surface area contributed by atoms with E-state index in [1.54, 1.807) is 4.90 Å². The Morgan fingerprint density at radius 3 is 2.31 bits per heavy atom. The van der Waals surface area contributed by atoms with Gasteiger partial charge in [0.1, 0.15) is 0 Å². The fourth-order valence-corrected chi connectivity index (χ4v) is 3.34. The molecule has 1 aliphatic heterocycles. The number of amides is 3. The molecule has 1 fully saturated rings. The summed E-state index contributed by atoms with van der Waals surface area (Å²) in [7, 11) is 0. The van der Waals surface area contributed by atoms with Crippen LogP contribution in [0.5, 0.6) is 0 Å². The topological polar surface area (TPSA) is 52.7 Å². The predicted octanol–water partition coefficient (Wildman–Crippen LogP) is 3.73.